The Bertz CT molecular complexity index is 696. The molecule has 2 atom stereocenters. The molecular weight excluding hydrogens is 266 g/mol. The first-order valence-corrected chi connectivity index (χ1v) is 7.06. The Morgan fingerprint density at radius 3 is 2.71 bits per heavy atom. The number of hydrogen-bond acceptors (Lipinski definition) is 3. The Hall–Kier alpha value is -2.20. The van der Waals surface area contributed by atoms with Gasteiger partial charge in [0.15, 0.2) is 0 Å². The summed E-state index contributed by atoms with van der Waals surface area (Å²) in [6.07, 6.45) is 0.989. The van der Waals surface area contributed by atoms with Gasteiger partial charge in [-0.3, -0.25) is 10.1 Å². The van der Waals surface area contributed by atoms with Gasteiger partial charge >= 0.3 is 0 Å². The third kappa shape index (κ3) is 2.43. The lowest BCUT2D eigenvalue weighted by molar-refractivity contribution is -0.385. The number of aliphatic hydroxyl groups excluding tert-OH is 1. The van der Waals surface area contributed by atoms with E-state index < -0.39 is 6.10 Å². The molecule has 2 unspecified atom stereocenters. The van der Waals surface area contributed by atoms with E-state index in [1.54, 1.807) is 13.0 Å². The molecule has 2 aromatic carbocycles. The van der Waals surface area contributed by atoms with Crippen LogP contribution in [0, 0.1) is 23.0 Å². The number of nitro benzene ring substituents is 1. The summed E-state index contributed by atoms with van der Waals surface area (Å²) in [6.45, 7) is 1.78. The van der Waals surface area contributed by atoms with Gasteiger partial charge in [0.05, 0.1) is 11.0 Å². The standard InChI is InChI=1S/C17H17NO3/c1-11-12(6-4-8-16(11)18(20)21)9-14-10-13-5-2-3-7-15(13)17(14)19/h2-8,14,17,19H,9-10H2,1H3. The Morgan fingerprint density at radius 2 is 2.00 bits per heavy atom. The summed E-state index contributed by atoms with van der Waals surface area (Å²) in [5.74, 6) is 0.0862. The molecular formula is C17H17NO3. The Kier molecular flexibility index (Phi) is 3.47. The molecule has 0 spiro atoms. The van der Waals surface area contributed by atoms with E-state index >= 15 is 0 Å². The highest BCUT2D eigenvalue weighted by atomic mass is 16.6. The van der Waals surface area contributed by atoms with Gasteiger partial charge in [0, 0.05) is 11.6 Å². The van der Waals surface area contributed by atoms with Crippen LogP contribution in [0.1, 0.15) is 28.4 Å². The average molecular weight is 283 g/mol. The van der Waals surface area contributed by atoms with Gasteiger partial charge in [0.25, 0.3) is 5.69 Å². The van der Waals surface area contributed by atoms with E-state index in [1.807, 2.05) is 30.3 Å². The summed E-state index contributed by atoms with van der Waals surface area (Å²) >= 11 is 0. The van der Waals surface area contributed by atoms with Gasteiger partial charge in [-0.15, -0.1) is 0 Å². The van der Waals surface area contributed by atoms with Crippen molar-refractivity contribution >= 4 is 5.69 Å². The number of aliphatic hydroxyl groups is 1. The zero-order valence-electron chi connectivity index (χ0n) is 11.8. The smallest absolute Gasteiger partial charge is 0.272 e. The highest BCUT2D eigenvalue weighted by Gasteiger charge is 2.31. The Labute approximate surface area is 123 Å². The molecule has 0 radical (unpaired) electrons. The van der Waals surface area contributed by atoms with E-state index in [1.165, 1.54) is 11.6 Å². The van der Waals surface area contributed by atoms with Crippen LogP contribution in [0.15, 0.2) is 42.5 Å². The van der Waals surface area contributed by atoms with Gasteiger partial charge < -0.3 is 5.11 Å². The fourth-order valence-corrected chi connectivity index (χ4v) is 3.21. The number of rotatable bonds is 3. The van der Waals surface area contributed by atoms with Crippen LogP contribution in [0.2, 0.25) is 0 Å². The third-order valence-electron chi connectivity index (χ3n) is 4.40. The maximum Gasteiger partial charge on any atom is 0.272 e. The van der Waals surface area contributed by atoms with E-state index in [0.29, 0.717) is 12.0 Å². The summed E-state index contributed by atoms with van der Waals surface area (Å²) in [5, 5.41) is 21.4. The number of benzene rings is 2. The number of hydrogen-bond donors (Lipinski definition) is 1. The van der Waals surface area contributed by atoms with Gasteiger partial charge in [-0.25, -0.2) is 0 Å². The van der Waals surface area contributed by atoms with E-state index in [0.717, 1.165) is 17.5 Å². The van der Waals surface area contributed by atoms with Crippen molar-refractivity contribution in [2.45, 2.75) is 25.9 Å². The van der Waals surface area contributed by atoms with Crippen LogP contribution in [-0.4, -0.2) is 10.0 Å². The molecule has 0 heterocycles. The second-order valence-electron chi connectivity index (χ2n) is 5.63. The molecule has 1 aliphatic rings. The normalized spacial score (nSPS) is 20.3. The predicted molar refractivity (Wildman–Crippen MR) is 80.1 cm³/mol. The molecule has 108 valence electrons. The van der Waals surface area contributed by atoms with E-state index in [-0.39, 0.29) is 16.5 Å². The first kappa shape index (κ1) is 13.8. The molecule has 0 amide bonds. The van der Waals surface area contributed by atoms with Crippen LogP contribution >= 0.6 is 0 Å². The molecule has 4 nitrogen and oxygen atoms in total. The summed E-state index contributed by atoms with van der Waals surface area (Å²) in [5.41, 5.74) is 3.97. The van der Waals surface area contributed by atoms with Crippen LogP contribution in [0.4, 0.5) is 5.69 Å². The van der Waals surface area contributed by atoms with E-state index in [9.17, 15) is 15.2 Å². The van der Waals surface area contributed by atoms with Crippen LogP contribution in [0.5, 0.6) is 0 Å². The van der Waals surface area contributed by atoms with Crippen molar-refractivity contribution in [3.05, 3.63) is 74.8 Å². The third-order valence-corrected chi connectivity index (χ3v) is 4.40. The fraction of sp³-hybridized carbons (Fsp3) is 0.294. The summed E-state index contributed by atoms with van der Waals surface area (Å²) < 4.78 is 0. The number of nitrogens with zero attached hydrogens (tertiary/aromatic N) is 1. The summed E-state index contributed by atoms with van der Waals surface area (Å²) in [7, 11) is 0. The second-order valence-corrected chi connectivity index (χ2v) is 5.63. The topological polar surface area (TPSA) is 63.4 Å². The van der Waals surface area contributed by atoms with E-state index in [4.69, 9.17) is 0 Å². The van der Waals surface area contributed by atoms with Crippen LogP contribution in [0.25, 0.3) is 0 Å². The van der Waals surface area contributed by atoms with Gasteiger partial charge in [-0.05, 0) is 42.4 Å². The zero-order valence-corrected chi connectivity index (χ0v) is 11.8. The molecule has 3 rings (SSSR count). The molecule has 1 aliphatic carbocycles. The SMILES string of the molecule is Cc1c(CC2Cc3ccccc3C2O)cccc1[N+](=O)[O-]. The van der Waals surface area contributed by atoms with Crippen molar-refractivity contribution in [3.63, 3.8) is 0 Å². The minimum Gasteiger partial charge on any atom is -0.388 e. The van der Waals surface area contributed by atoms with Crippen LogP contribution in [0.3, 0.4) is 0 Å². The van der Waals surface area contributed by atoms with Crippen molar-refractivity contribution in [1.82, 2.24) is 0 Å². The highest BCUT2D eigenvalue weighted by molar-refractivity contribution is 5.45. The fourth-order valence-electron chi connectivity index (χ4n) is 3.21. The predicted octanol–water partition coefficient (Wildman–Crippen LogP) is 3.35. The molecule has 0 aliphatic heterocycles. The van der Waals surface area contributed by atoms with Crippen LogP contribution < -0.4 is 0 Å². The number of fused-ring (bicyclic) bond motifs is 1. The average Bonchev–Trinajstić information content (AvgIpc) is 2.78. The molecule has 21 heavy (non-hydrogen) atoms. The van der Waals surface area contributed by atoms with E-state index in [2.05, 4.69) is 0 Å². The highest BCUT2D eigenvalue weighted by Crippen LogP contribution is 2.38. The Morgan fingerprint density at radius 1 is 1.24 bits per heavy atom. The molecule has 0 saturated carbocycles. The molecule has 0 aromatic heterocycles. The lowest BCUT2D eigenvalue weighted by Gasteiger charge is -2.16. The van der Waals surface area contributed by atoms with Gasteiger partial charge in [0.1, 0.15) is 0 Å². The molecule has 4 heteroatoms. The maximum absolute atomic E-state index is 11.0. The van der Waals surface area contributed by atoms with Crippen molar-refractivity contribution in [2.24, 2.45) is 5.92 Å². The van der Waals surface area contributed by atoms with Crippen molar-refractivity contribution in [1.29, 1.82) is 0 Å². The quantitative estimate of drug-likeness (QED) is 0.694. The Balaban J connectivity index is 1.86. The zero-order chi connectivity index (χ0) is 15.0. The van der Waals surface area contributed by atoms with Crippen molar-refractivity contribution in [2.75, 3.05) is 0 Å². The second kappa shape index (κ2) is 5.30. The summed E-state index contributed by atoms with van der Waals surface area (Å²) in [4.78, 5) is 10.7. The first-order chi connectivity index (χ1) is 10.1. The molecule has 0 bridgehead atoms. The number of nitro groups is 1. The van der Waals surface area contributed by atoms with Gasteiger partial charge in [-0.2, -0.15) is 0 Å². The lowest BCUT2D eigenvalue weighted by atomic mass is 9.92. The van der Waals surface area contributed by atoms with Crippen LogP contribution in [-0.2, 0) is 12.8 Å². The molecule has 0 saturated heterocycles. The molecule has 0 fully saturated rings. The maximum atomic E-state index is 11.0. The minimum atomic E-state index is -0.486. The van der Waals surface area contributed by atoms with Gasteiger partial charge in [-0.1, -0.05) is 36.4 Å². The summed E-state index contributed by atoms with van der Waals surface area (Å²) in [6, 6.07) is 13.1. The molecule has 2 aromatic rings. The minimum absolute atomic E-state index is 0.0862. The van der Waals surface area contributed by atoms with Crippen molar-refractivity contribution < 1.29 is 10.0 Å². The lowest BCUT2D eigenvalue weighted by Crippen LogP contribution is -2.11. The monoisotopic (exact) mass is 283 g/mol. The molecule has 1 N–H and O–H groups in total. The first-order valence-electron chi connectivity index (χ1n) is 7.06. The largest absolute Gasteiger partial charge is 0.388 e. The van der Waals surface area contributed by atoms with Gasteiger partial charge in [0.2, 0.25) is 0 Å². The van der Waals surface area contributed by atoms with Crippen molar-refractivity contribution in [3.8, 4) is 0 Å².